The number of benzene rings is 1. The molecule has 1 fully saturated rings. The standard InChI is InChI=1S/C15H21ClN4OS/c1-2-17-15(22)20-9-7-19(8-10-20)11-14(21)18-13-5-3-12(16)4-6-13/h3-6H,2,7-11H2,1H3,(H,17,22)(H,18,21)/p+1. The second kappa shape index (κ2) is 8.31. The lowest BCUT2D eigenvalue weighted by Crippen LogP contribution is -3.15. The Balaban J connectivity index is 1.74. The van der Waals surface area contributed by atoms with Crippen molar-refractivity contribution >= 4 is 40.5 Å². The summed E-state index contributed by atoms with van der Waals surface area (Å²) < 4.78 is 0. The smallest absolute Gasteiger partial charge is 0.279 e. The Kier molecular flexibility index (Phi) is 6.42. The fourth-order valence-electron chi connectivity index (χ4n) is 2.43. The minimum absolute atomic E-state index is 0.0278. The quantitative estimate of drug-likeness (QED) is 0.693. The Morgan fingerprint density at radius 1 is 1.32 bits per heavy atom. The van der Waals surface area contributed by atoms with Crippen LogP contribution in [-0.4, -0.2) is 55.2 Å². The average molecular weight is 342 g/mol. The van der Waals surface area contributed by atoms with Crippen molar-refractivity contribution in [2.75, 3.05) is 44.6 Å². The number of carbonyl (C=O) groups excluding carboxylic acids is 1. The summed E-state index contributed by atoms with van der Waals surface area (Å²) >= 11 is 11.1. The van der Waals surface area contributed by atoms with Gasteiger partial charge in [-0.2, -0.15) is 0 Å². The summed E-state index contributed by atoms with van der Waals surface area (Å²) in [5, 5.41) is 7.54. The van der Waals surface area contributed by atoms with Crippen LogP contribution in [0, 0.1) is 0 Å². The second-order valence-electron chi connectivity index (χ2n) is 5.30. The van der Waals surface area contributed by atoms with Crippen molar-refractivity contribution in [1.29, 1.82) is 0 Å². The van der Waals surface area contributed by atoms with Gasteiger partial charge in [0.25, 0.3) is 5.91 Å². The molecule has 3 N–H and O–H groups in total. The molecule has 0 aromatic heterocycles. The van der Waals surface area contributed by atoms with Gasteiger partial charge in [-0.05, 0) is 43.4 Å². The molecule has 1 saturated heterocycles. The summed E-state index contributed by atoms with van der Waals surface area (Å²) in [5.41, 5.74) is 0.778. The van der Waals surface area contributed by atoms with Gasteiger partial charge in [-0.1, -0.05) is 11.6 Å². The predicted octanol–water partition coefficient (Wildman–Crippen LogP) is 0.373. The van der Waals surface area contributed by atoms with Crippen molar-refractivity contribution in [2.45, 2.75) is 6.92 Å². The summed E-state index contributed by atoms with van der Waals surface area (Å²) in [7, 11) is 0. The van der Waals surface area contributed by atoms with Crippen molar-refractivity contribution in [3.63, 3.8) is 0 Å². The Morgan fingerprint density at radius 3 is 2.55 bits per heavy atom. The van der Waals surface area contributed by atoms with E-state index in [1.165, 1.54) is 4.90 Å². The first kappa shape index (κ1) is 17.0. The van der Waals surface area contributed by atoms with E-state index in [0.29, 0.717) is 11.6 Å². The normalized spacial score (nSPS) is 15.5. The van der Waals surface area contributed by atoms with E-state index in [4.69, 9.17) is 23.8 Å². The van der Waals surface area contributed by atoms with Gasteiger partial charge in [0.05, 0.1) is 26.2 Å². The molecule has 0 saturated carbocycles. The molecular formula is C15H22ClN4OS+. The van der Waals surface area contributed by atoms with E-state index in [2.05, 4.69) is 15.5 Å². The molecule has 1 aromatic rings. The van der Waals surface area contributed by atoms with Crippen LogP contribution < -0.4 is 15.5 Å². The molecule has 0 aliphatic carbocycles. The summed E-state index contributed by atoms with van der Waals surface area (Å²) in [5.74, 6) is 0.0278. The third-order valence-corrected chi connectivity index (χ3v) is 4.28. The Labute approximate surface area is 141 Å². The molecule has 0 unspecified atom stereocenters. The second-order valence-corrected chi connectivity index (χ2v) is 6.13. The van der Waals surface area contributed by atoms with Gasteiger partial charge in [-0.25, -0.2) is 0 Å². The van der Waals surface area contributed by atoms with Crippen LogP contribution in [0.5, 0.6) is 0 Å². The lowest BCUT2D eigenvalue weighted by Gasteiger charge is -2.33. The third kappa shape index (κ3) is 5.12. The number of anilines is 1. The first-order valence-electron chi connectivity index (χ1n) is 7.50. The van der Waals surface area contributed by atoms with E-state index in [1.54, 1.807) is 12.1 Å². The molecule has 0 spiro atoms. The van der Waals surface area contributed by atoms with Crippen LogP contribution in [0.15, 0.2) is 24.3 Å². The maximum atomic E-state index is 12.1. The number of carbonyl (C=O) groups is 1. The number of nitrogens with zero attached hydrogens (tertiary/aromatic N) is 1. The highest BCUT2D eigenvalue weighted by Gasteiger charge is 2.23. The zero-order valence-corrected chi connectivity index (χ0v) is 14.3. The number of nitrogens with one attached hydrogen (secondary N) is 3. The SMILES string of the molecule is CCNC(=S)N1CC[NH+](CC(=O)Nc2ccc(Cl)cc2)CC1. The Hall–Kier alpha value is -1.37. The van der Waals surface area contributed by atoms with E-state index in [-0.39, 0.29) is 5.91 Å². The third-order valence-electron chi connectivity index (χ3n) is 3.62. The van der Waals surface area contributed by atoms with Crippen LogP contribution in [-0.2, 0) is 4.79 Å². The number of amides is 1. The van der Waals surface area contributed by atoms with Crippen molar-refractivity contribution in [3.05, 3.63) is 29.3 Å². The zero-order valence-electron chi connectivity index (χ0n) is 12.7. The molecule has 1 amide bonds. The lowest BCUT2D eigenvalue weighted by molar-refractivity contribution is -0.895. The molecule has 22 heavy (non-hydrogen) atoms. The Bertz CT molecular complexity index is 515. The Morgan fingerprint density at radius 2 is 1.95 bits per heavy atom. The number of rotatable bonds is 4. The number of quaternary nitrogens is 1. The minimum atomic E-state index is 0.0278. The molecule has 1 heterocycles. The van der Waals surface area contributed by atoms with Gasteiger partial charge >= 0.3 is 0 Å². The van der Waals surface area contributed by atoms with Crippen molar-refractivity contribution < 1.29 is 9.69 Å². The van der Waals surface area contributed by atoms with Crippen LogP contribution in [0.2, 0.25) is 5.02 Å². The maximum Gasteiger partial charge on any atom is 0.279 e. The molecule has 1 aliphatic heterocycles. The number of thiocarbonyl (C=S) groups is 1. The highest BCUT2D eigenvalue weighted by molar-refractivity contribution is 7.80. The molecule has 0 bridgehead atoms. The zero-order chi connectivity index (χ0) is 15.9. The molecule has 1 aromatic carbocycles. The van der Waals surface area contributed by atoms with Crippen LogP contribution in [0.3, 0.4) is 0 Å². The first-order chi connectivity index (χ1) is 10.6. The van der Waals surface area contributed by atoms with Crippen LogP contribution in [0.1, 0.15) is 6.92 Å². The number of piperazine rings is 1. The van der Waals surface area contributed by atoms with Gasteiger partial charge in [0.15, 0.2) is 11.7 Å². The highest BCUT2D eigenvalue weighted by atomic mass is 35.5. The van der Waals surface area contributed by atoms with Gasteiger partial charge in [0.2, 0.25) is 0 Å². The van der Waals surface area contributed by atoms with Crippen LogP contribution in [0.25, 0.3) is 0 Å². The highest BCUT2D eigenvalue weighted by Crippen LogP contribution is 2.12. The van der Waals surface area contributed by atoms with Crippen LogP contribution >= 0.6 is 23.8 Å². The summed E-state index contributed by atoms with van der Waals surface area (Å²) in [4.78, 5) is 15.5. The van der Waals surface area contributed by atoms with Gasteiger partial charge < -0.3 is 20.4 Å². The number of hydrogen-bond acceptors (Lipinski definition) is 2. The van der Waals surface area contributed by atoms with E-state index in [9.17, 15) is 4.79 Å². The number of hydrogen-bond donors (Lipinski definition) is 3. The number of halogens is 1. The van der Waals surface area contributed by atoms with Gasteiger partial charge in [-0.15, -0.1) is 0 Å². The molecular weight excluding hydrogens is 320 g/mol. The summed E-state index contributed by atoms with van der Waals surface area (Å²) in [6.07, 6.45) is 0. The topological polar surface area (TPSA) is 48.8 Å². The van der Waals surface area contributed by atoms with Crippen molar-refractivity contribution in [1.82, 2.24) is 10.2 Å². The van der Waals surface area contributed by atoms with Crippen molar-refractivity contribution in [3.8, 4) is 0 Å². The first-order valence-corrected chi connectivity index (χ1v) is 8.29. The molecule has 5 nitrogen and oxygen atoms in total. The lowest BCUT2D eigenvalue weighted by atomic mass is 10.3. The molecule has 120 valence electrons. The largest absolute Gasteiger partial charge is 0.363 e. The molecule has 2 rings (SSSR count). The minimum Gasteiger partial charge on any atom is -0.363 e. The van der Waals surface area contributed by atoms with E-state index in [0.717, 1.165) is 43.5 Å². The van der Waals surface area contributed by atoms with Crippen LogP contribution in [0.4, 0.5) is 5.69 Å². The van der Waals surface area contributed by atoms with Gasteiger partial charge in [0.1, 0.15) is 0 Å². The van der Waals surface area contributed by atoms with Crippen molar-refractivity contribution in [2.24, 2.45) is 0 Å². The van der Waals surface area contributed by atoms with Gasteiger partial charge in [-0.3, -0.25) is 4.79 Å². The molecule has 1 aliphatic rings. The maximum absolute atomic E-state index is 12.1. The van der Waals surface area contributed by atoms with E-state index >= 15 is 0 Å². The van der Waals surface area contributed by atoms with E-state index in [1.807, 2.05) is 19.1 Å². The molecule has 7 heteroatoms. The molecule has 0 radical (unpaired) electrons. The molecule has 0 atom stereocenters. The predicted molar refractivity (Wildman–Crippen MR) is 93.5 cm³/mol. The van der Waals surface area contributed by atoms with Gasteiger partial charge in [0, 0.05) is 17.3 Å². The fourth-order valence-corrected chi connectivity index (χ4v) is 2.88. The summed E-state index contributed by atoms with van der Waals surface area (Å²) in [6, 6.07) is 7.15. The van der Waals surface area contributed by atoms with E-state index < -0.39 is 0 Å². The monoisotopic (exact) mass is 341 g/mol. The average Bonchev–Trinajstić information content (AvgIpc) is 2.50. The summed E-state index contributed by atoms with van der Waals surface area (Å²) in [6.45, 7) is 6.96. The fraction of sp³-hybridized carbons (Fsp3) is 0.467.